The van der Waals surface area contributed by atoms with Crippen molar-refractivity contribution >= 4 is 11.3 Å². The molecule has 0 spiro atoms. The Morgan fingerprint density at radius 3 is 2.88 bits per heavy atom. The summed E-state index contributed by atoms with van der Waals surface area (Å²) in [5.41, 5.74) is 1.04. The van der Waals surface area contributed by atoms with E-state index < -0.39 is 0 Å². The van der Waals surface area contributed by atoms with Crippen molar-refractivity contribution < 1.29 is 4.42 Å². The quantitative estimate of drug-likeness (QED) is 0.887. The fraction of sp³-hybridized carbons (Fsp3) is 0.500. The lowest BCUT2D eigenvalue weighted by Crippen LogP contribution is -2.18. The SMILES string of the molecule is Cc1occc1-c1nnc(CNCC(C)C)s1. The molecule has 1 N–H and O–H groups in total. The second kappa shape index (κ2) is 5.42. The molecule has 0 unspecified atom stereocenters. The van der Waals surface area contributed by atoms with E-state index >= 15 is 0 Å². The number of hydrogen-bond donors (Lipinski definition) is 1. The summed E-state index contributed by atoms with van der Waals surface area (Å²) in [6, 6.07) is 1.93. The van der Waals surface area contributed by atoms with Crippen molar-refractivity contribution in [2.75, 3.05) is 6.54 Å². The summed E-state index contributed by atoms with van der Waals surface area (Å²) in [6.07, 6.45) is 1.68. The Balaban J connectivity index is 1.99. The van der Waals surface area contributed by atoms with Crippen molar-refractivity contribution in [2.45, 2.75) is 27.3 Å². The van der Waals surface area contributed by atoms with Crippen molar-refractivity contribution in [1.82, 2.24) is 15.5 Å². The van der Waals surface area contributed by atoms with Crippen LogP contribution < -0.4 is 5.32 Å². The molecule has 0 saturated heterocycles. The first kappa shape index (κ1) is 12.3. The average Bonchev–Trinajstić information content (AvgIpc) is 2.86. The smallest absolute Gasteiger partial charge is 0.151 e. The molecule has 0 radical (unpaired) electrons. The van der Waals surface area contributed by atoms with Crippen LogP contribution in [0.15, 0.2) is 16.7 Å². The van der Waals surface area contributed by atoms with Crippen LogP contribution in [0.4, 0.5) is 0 Å². The summed E-state index contributed by atoms with van der Waals surface area (Å²) in [5.74, 6) is 1.54. The molecule has 0 saturated carbocycles. The first-order chi connectivity index (χ1) is 8.16. The molecular formula is C12H17N3OS. The zero-order chi connectivity index (χ0) is 12.3. The van der Waals surface area contributed by atoms with E-state index in [2.05, 4.69) is 29.4 Å². The maximum absolute atomic E-state index is 5.26. The molecule has 17 heavy (non-hydrogen) atoms. The van der Waals surface area contributed by atoms with Gasteiger partial charge < -0.3 is 9.73 Å². The van der Waals surface area contributed by atoms with Gasteiger partial charge in [-0.3, -0.25) is 0 Å². The summed E-state index contributed by atoms with van der Waals surface area (Å²) < 4.78 is 5.26. The van der Waals surface area contributed by atoms with Gasteiger partial charge in [0.2, 0.25) is 0 Å². The van der Waals surface area contributed by atoms with E-state index in [0.29, 0.717) is 5.92 Å². The van der Waals surface area contributed by atoms with Crippen molar-refractivity contribution in [1.29, 1.82) is 0 Å². The number of nitrogens with zero attached hydrogens (tertiary/aromatic N) is 2. The summed E-state index contributed by atoms with van der Waals surface area (Å²) in [7, 11) is 0. The zero-order valence-electron chi connectivity index (χ0n) is 10.4. The third-order valence-corrected chi connectivity index (χ3v) is 3.34. The lowest BCUT2D eigenvalue weighted by Gasteiger charge is -2.03. The van der Waals surface area contributed by atoms with E-state index in [1.165, 1.54) is 0 Å². The van der Waals surface area contributed by atoms with Crippen LogP contribution in [-0.2, 0) is 6.54 Å². The monoisotopic (exact) mass is 251 g/mol. The second-order valence-electron chi connectivity index (χ2n) is 4.42. The maximum Gasteiger partial charge on any atom is 0.151 e. The molecule has 2 aromatic rings. The highest BCUT2D eigenvalue weighted by atomic mass is 32.1. The van der Waals surface area contributed by atoms with Gasteiger partial charge in [-0.25, -0.2) is 0 Å². The van der Waals surface area contributed by atoms with Gasteiger partial charge in [-0.2, -0.15) is 0 Å². The minimum atomic E-state index is 0.651. The van der Waals surface area contributed by atoms with Gasteiger partial charge in [-0.15, -0.1) is 10.2 Å². The molecule has 0 aromatic carbocycles. The molecule has 0 atom stereocenters. The van der Waals surface area contributed by atoms with Crippen LogP contribution in [0.2, 0.25) is 0 Å². The van der Waals surface area contributed by atoms with E-state index in [1.54, 1.807) is 17.6 Å². The molecule has 2 heterocycles. The predicted octanol–water partition coefficient (Wildman–Crippen LogP) is 2.85. The summed E-state index contributed by atoms with van der Waals surface area (Å²) in [4.78, 5) is 0. The van der Waals surface area contributed by atoms with Crippen molar-refractivity contribution in [3.8, 4) is 10.6 Å². The molecule has 0 fully saturated rings. The average molecular weight is 251 g/mol. The second-order valence-corrected chi connectivity index (χ2v) is 5.48. The van der Waals surface area contributed by atoms with Crippen molar-refractivity contribution in [3.05, 3.63) is 23.1 Å². The van der Waals surface area contributed by atoms with E-state index in [4.69, 9.17) is 4.42 Å². The number of rotatable bonds is 5. The van der Waals surface area contributed by atoms with Gasteiger partial charge in [0, 0.05) is 6.54 Å². The molecule has 0 aliphatic rings. The third-order valence-electron chi connectivity index (χ3n) is 2.38. The maximum atomic E-state index is 5.26. The first-order valence-corrected chi connectivity index (χ1v) is 6.56. The van der Waals surface area contributed by atoms with Crippen molar-refractivity contribution in [3.63, 3.8) is 0 Å². The van der Waals surface area contributed by atoms with E-state index in [9.17, 15) is 0 Å². The minimum absolute atomic E-state index is 0.651. The van der Waals surface area contributed by atoms with Crippen LogP contribution in [0.5, 0.6) is 0 Å². The minimum Gasteiger partial charge on any atom is -0.469 e. The van der Waals surface area contributed by atoms with Gasteiger partial charge in [-0.05, 0) is 25.5 Å². The fourth-order valence-electron chi connectivity index (χ4n) is 1.51. The number of hydrogen-bond acceptors (Lipinski definition) is 5. The number of furan rings is 1. The van der Waals surface area contributed by atoms with E-state index in [1.807, 2.05) is 13.0 Å². The van der Waals surface area contributed by atoms with Crippen molar-refractivity contribution in [2.24, 2.45) is 5.92 Å². The fourth-order valence-corrected chi connectivity index (χ4v) is 2.39. The number of aromatic nitrogens is 2. The molecule has 0 aliphatic heterocycles. The molecule has 0 amide bonds. The molecular weight excluding hydrogens is 234 g/mol. The topological polar surface area (TPSA) is 51.0 Å². The Morgan fingerprint density at radius 2 is 2.24 bits per heavy atom. The Kier molecular flexibility index (Phi) is 3.91. The third kappa shape index (κ3) is 3.14. The molecule has 0 aliphatic carbocycles. The summed E-state index contributed by atoms with van der Waals surface area (Å²) >= 11 is 1.61. The Labute approximate surface area is 105 Å². The standard InChI is InChI=1S/C12H17N3OS/c1-8(2)6-13-7-11-14-15-12(17-11)10-4-5-16-9(10)3/h4-5,8,13H,6-7H2,1-3H3. The first-order valence-electron chi connectivity index (χ1n) is 5.74. The van der Waals surface area contributed by atoms with Crippen LogP contribution in [0.1, 0.15) is 24.6 Å². The van der Waals surface area contributed by atoms with Gasteiger partial charge in [0.05, 0.1) is 11.8 Å². The molecule has 2 rings (SSSR count). The van der Waals surface area contributed by atoms with Crippen LogP contribution in [0.3, 0.4) is 0 Å². The van der Waals surface area contributed by atoms with E-state index in [-0.39, 0.29) is 0 Å². The van der Waals surface area contributed by atoms with Crippen LogP contribution >= 0.6 is 11.3 Å². The van der Waals surface area contributed by atoms with Gasteiger partial charge in [0.15, 0.2) is 5.01 Å². The highest BCUT2D eigenvalue weighted by Gasteiger charge is 2.10. The summed E-state index contributed by atoms with van der Waals surface area (Å²) in [6.45, 7) is 8.10. The van der Waals surface area contributed by atoms with Gasteiger partial charge >= 0.3 is 0 Å². The molecule has 2 aromatic heterocycles. The number of nitrogens with one attached hydrogen (secondary N) is 1. The largest absolute Gasteiger partial charge is 0.469 e. The highest BCUT2D eigenvalue weighted by Crippen LogP contribution is 2.27. The lowest BCUT2D eigenvalue weighted by molar-refractivity contribution is 0.535. The molecule has 5 heteroatoms. The molecule has 4 nitrogen and oxygen atoms in total. The van der Waals surface area contributed by atoms with E-state index in [0.717, 1.165) is 34.4 Å². The highest BCUT2D eigenvalue weighted by molar-refractivity contribution is 7.14. The summed E-state index contributed by atoms with van der Waals surface area (Å²) in [5, 5.41) is 13.7. The Bertz CT molecular complexity index is 476. The lowest BCUT2D eigenvalue weighted by atomic mass is 10.2. The van der Waals surface area contributed by atoms with Crippen LogP contribution in [-0.4, -0.2) is 16.7 Å². The van der Waals surface area contributed by atoms with Gasteiger partial charge in [0.25, 0.3) is 0 Å². The molecule has 0 bridgehead atoms. The van der Waals surface area contributed by atoms with Gasteiger partial charge in [-0.1, -0.05) is 25.2 Å². The van der Waals surface area contributed by atoms with Crippen LogP contribution in [0.25, 0.3) is 10.6 Å². The Morgan fingerprint density at radius 1 is 1.41 bits per heavy atom. The normalized spacial score (nSPS) is 11.3. The molecule has 92 valence electrons. The predicted molar refractivity (Wildman–Crippen MR) is 68.9 cm³/mol. The number of aryl methyl sites for hydroxylation is 1. The zero-order valence-corrected chi connectivity index (χ0v) is 11.2. The van der Waals surface area contributed by atoms with Gasteiger partial charge in [0.1, 0.15) is 10.8 Å². The van der Waals surface area contributed by atoms with Crippen LogP contribution in [0, 0.1) is 12.8 Å². The Hall–Kier alpha value is -1.20.